The van der Waals surface area contributed by atoms with Crippen molar-refractivity contribution in [1.29, 1.82) is 0 Å². The minimum atomic E-state index is 0.851. The third kappa shape index (κ3) is 1.45. The lowest BCUT2D eigenvalue weighted by atomic mass is 10.2. The van der Waals surface area contributed by atoms with Crippen LogP contribution >= 0.6 is 0 Å². The van der Waals surface area contributed by atoms with E-state index < -0.39 is 0 Å². The van der Waals surface area contributed by atoms with E-state index in [1.165, 1.54) is 0 Å². The Hall–Kier alpha value is -1.64. The number of hydrogen-bond acceptors (Lipinski definition) is 3. The van der Waals surface area contributed by atoms with E-state index in [9.17, 15) is 0 Å². The molecule has 0 N–H and O–H groups in total. The topological polar surface area (TPSA) is 38.9 Å². The fourth-order valence-electron chi connectivity index (χ4n) is 1.30. The summed E-state index contributed by atoms with van der Waals surface area (Å²) in [6.45, 7) is 3.84. The number of furan rings is 1. The molecule has 0 aliphatic carbocycles. The molecule has 65 valence electrons. The number of nitrogens with zero attached hydrogens (tertiary/aromatic N) is 2. The van der Waals surface area contributed by atoms with Crippen LogP contribution in [0.1, 0.15) is 11.5 Å². The summed E-state index contributed by atoms with van der Waals surface area (Å²) in [5.74, 6) is 1.77. The number of hydrogen-bond donors (Lipinski definition) is 0. The Kier molecular flexibility index (Phi) is 1.85. The highest BCUT2D eigenvalue weighted by Gasteiger charge is 2.07. The van der Waals surface area contributed by atoms with Crippen LogP contribution < -0.4 is 0 Å². The summed E-state index contributed by atoms with van der Waals surface area (Å²) in [7, 11) is 0. The number of aromatic nitrogens is 2. The van der Waals surface area contributed by atoms with Crippen LogP contribution in [-0.4, -0.2) is 9.97 Å². The standard InChI is InChI=1S/C10H9N2O/c1-7-5-9(8(2)13-7)10-3-4-11-6-12-10/h3-5H,1-2H3. The molecule has 0 atom stereocenters. The van der Waals surface area contributed by atoms with Crippen LogP contribution in [0.2, 0.25) is 0 Å². The van der Waals surface area contributed by atoms with Crippen LogP contribution in [-0.2, 0) is 0 Å². The molecule has 0 bridgehead atoms. The van der Waals surface area contributed by atoms with Crippen LogP contribution in [0.25, 0.3) is 11.3 Å². The van der Waals surface area contributed by atoms with Crippen LogP contribution in [0, 0.1) is 20.2 Å². The lowest BCUT2D eigenvalue weighted by Crippen LogP contribution is -1.83. The monoisotopic (exact) mass is 173 g/mol. The van der Waals surface area contributed by atoms with Gasteiger partial charge in [0.15, 0.2) is 6.33 Å². The van der Waals surface area contributed by atoms with E-state index in [4.69, 9.17) is 4.42 Å². The Bertz CT molecular complexity index is 406. The van der Waals surface area contributed by atoms with E-state index in [0.717, 1.165) is 22.8 Å². The summed E-state index contributed by atoms with van der Waals surface area (Å²) in [6.07, 6.45) is 4.23. The van der Waals surface area contributed by atoms with Crippen molar-refractivity contribution in [3.63, 3.8) is 0 Å². The number of rotatable bonds is 1. The second-order valence-electron chi connectivity index (χ2n) is 2.87. The first-order valence-corrected chi connectivity index (χ1v) is 4.04. The summed E-state index contributed by atoms with van der Waals surface area (Å²) >= 11 is 0. The Labute approximate surface area is 76.5 Å². The van der Waals surface area contributed by atoms with Crippen molar-refractivity contribution in [1.82, 2.24) is 9.97 Å². The molecule has 2 rings (SSSR count). The predicted molar refractivity (Wildman–Crippen MR) is 48.0 cm³/mol. The van der Waals surface area contributed by atoms with Crippen molar-refractivity contribution in [3.05, 3.63) is 36.2 Å². The summed E-state index contributed by atoms with van der Waals surface area (Å²) in [5, 5.41) is 0. The molecule has 3 heteroatoms. The van der Waals surface area contributed by atoms with E-state index in [2.05, 4.69) is 16.3 Å². The smallest absolute Gasteiger partial charge is 0.198 e. The molecule has 0 spiro atoms. The SMILES string of the molecule is Cc1cc(-c2ccn[c]n2)c(C)o1. The van der Waals surface area contributed by atoms with Crippen molar-refractivity contribution >= 4 is 0 Å². The van der Waals surface area contributed by atoms with Gasteiger partial charge in [0.2, 0.25) is 0 Å². The summed E-state index contributed by atoms with van der Waals surface area (Å²) < 4.78 is 5.39. The van der Waals surface area contributed by atoms with Crippen LogP contribution in [0.3, 0.4) is 0 Å². The highest BCUT2D eigenvalue weighted by atomic mass is 16.3. The molecule has 0 fully saturated rings. The average molecular weight is 173 g/mol. The molecule has 0 unspecified atom stereocenters. The molecule has 2 aromatic rings. The first-order chi connectivity index (χ1) is 6.27. The zero-order valence-electron chi connectivity index (χ0n) is 7.53. The minimum Gasteiger partial charge on any atom is -0.466 e. The highest BCUT2D eigenvalue weighted by Crippen LogP contribution is 2.23. The fraction of sp³-hybridized carbons (Fsp3) is 0.200. The maximum atomic E-state index is 5.39. The summed E-state index contributed by atoms with van der Waals surface area (Å²) in [4.78, 5) is 7.77. The van der Waals surface area contributed by atoms with Crippen molar-refractivity contribution in [3.8, 4) is 11.3 Å². The average Bonchev–Trinajstić information content (AvgIpc) is 2.47. The first kappa shape index (κ1) is 7.98. The minimum absolute atomic E-state index is 0.851. The zero-order valence-corrected chi connectivity index (χ0v) is 7.53. The third-order valence-electron chi connectivity index (χ3n) is 1.85. The van der Waals surface area contributed by atoms with E-state index in [1.807, 2.05) is 26.0 Å². The molecule has 0 aliphatic heterocycles. The van der Waals surface area contributed by atoms with E-state index >= 15 is 0 Å². The quantitative estimate of drug-likeness (QED) is 0.663. The fourth-order valence-corrected chi connectivity index (χ4v) is 1.30. The van der Waals surface area contributed by atoms with Crippen LogP contribution in [0.15, 0.2) is 22.7 Å². The van der Waals surface area contributed by atoms with Crippen molar-refractivity contribution in [2.45, 2.75) is 13.8 Å². The van der Waals surface area contributed by atoms with Gasteiger partial charge in [-0.2, -0.15) is 0 Å². The van der Waals surface area contributed by atoms with Gasteiger partial charge < -0.3 is 4.42 Å². The molecule has 0 saturated heterocycles. The summed E-state index contributed by atoms with van der Waals surface area (Å²) in [6, 6.07) is 3.80. The molecular formula is C10H9N2O. The Morgan fingerprint density at radius 1 is 1.38 bits per heavy atom. The van der Waals surface area contributed by atoms with Gasteiger partial charge >= 0.3 is 0 Å². The van der Waals surface area contributed by atoms with Gasteiger partial charge in [-0.05, 0) is 26.0 Å². The second kappa shape index (κ2) is 3.01. The molecule has 0 amide bonds. The molecule has 0 aromatic carbocycles. The summed E-state index contributed by atoms with van der Waals surface area (Å²) in [5.41, 5.74) is 1.86. The molecule has 3 nitrogen and oxygen atoms in total. The Morgan fingerprint density at radius 2 is 2.23 bits per heavy atom. The third-order valence-corrected chi connectivity index (χ3v) is 1.85. The van der Waals surface area contributed by atoms with Gasteiger partial charge in [-0.3, -0.25) is 0 Å². The van der Waals surface area contributed by atoms with Gasteiger partial charge in [0.1, 0.15) is 11.5 Å². The maximum Gasteiger partial charge on any atom is 0.198 e. The largest absolute Gasteiger partial charge is 0.466 e. The molecule has 13 heavy (non-hydrogen) atoms. The van der Waals surface area contributed by atoms with Crippen LogP contribution in [0.5, 0.6) is 0 Å². The normalized spacial score (nSPS) is 10.3. The molecule has 2 heterocycles. The van der Waals surface area contributed by atoms with E-state index in [0.29, 0.717) is 0 Å². The zero-order chi connectivity index (χ0) is 9.26. The van der Waals surface area contributed by atoms with E-state index in [-0.39, 0.29) is 0 Å². The van der Waals surface area contributed by atoms with Gasteiger partial charge in [-0.15, -0.1) is 0 Å². The first-order valence-electron chi connectivity index (χ1n) is 4.04. The van der Waals surface area contributed by atoms with Crippen molar-refractivity contribution < 1.29 is 4.42 Å². The van der Waals surface area contributed by atoms with Gasteiger partial charge in [0, 0.05) is 11.8 Å². The molecule has 0 aliphatic rings. The molecule has 1 radical (unpaired) electrons. The maximum absolute atomic E-state index is 5.39. The van der Waals surface area contributed by atoms with Gasteiger partial charge in [-0.25, -0.2) is 9.97 Å². The lowest BCUT2D eigenvalue weighted by molar-refractivity contribution is 0.505. The van der Waals surface area contributed by atoms with Gasteiger partial charge in [0.25, 0.3) is 0 Å². The molecule has 0 saturated carbocycles. The van der Waals surface area contributed by atoms with Crippen molar-refractivity contribution in [2.75, 3.05) is 0 Å². The van der Waals surface area contributed by atoms with Gasteiger partial charge in [0.05, 0.1) is 5.69 Å². The second-order valence-corrected chi connectivity index (χ2v) is 2.87. The lowest BCUT2D eigenvalue weighted by Gasteiger charge is -1.94. The van der Waals surface area contributed by atoms with Crippen molar-refractivity contribution in [2.24, 2.45) is 0 Å². The van der Waals surface area contributed by atoms with Gasteiger partial charge in [-0.1, -0.05) is 0 Å². The number of aryl methyl sites for hydroxylation is 2. The Balaban J connectivity index is 2.53. The molecular weight excluding hydrogens is 164 g/mol. The predicted octanol–water partition coefficient (Wildman–Crippen LogP) is 2.15. The molecule has 2 aromatic heterocycles. The van der Waals surface area contributed by atoms with E-state index in [1.54, 1.807) is 6.20 Å². The van der Waals surface area contributed by atoms with Crippen LogP contribution in [0.4, 0.5) is 0 Å². The Morgan fingerprint density at radius 3 is 2.77 bits per heavy atom. The highest BCUT2D eigenvalue weighted by molar-refractivity contribution is 5.61.